The average molecular weight is 268 g/mol. The molecule has 0 bridgehead atoms. The molecule has 0 spiro atoms. The van der Waals surface area contributed by atoms with E-state index in [4.69, 9.17) is 9.47 Å². The zero-order valence-corrected chi connectivity index (χ0v) is 13.3. The van der Waals surface area contributed by atoms with Gasteiger partial charge in [-0.2, -0.15) is 0 Å². The Balaban J connectivity index is 5.15. The molecule has 0 aromatic heterocycles. The van der Waals surface area contributed by atoms with Crippen molar-refractivity contribution in [2.75, 3.05) is 14.2 Å². The van der Waals surface area contributed by atoms with E-state index in [0.717, 1.165) is 18.4 Å². The summed E-state index contributed by atoms with van der Waals surface area (Å²) in [6, 6.07) is 0. The van der Waals surface area contributed by atoms with Crippen molar-refractivity contribution in [1.82, 2.24) is 0 Å². The maximum absolute atomic E-state index is 12.1. The van der Waals surface area contributed by atoms with E-state index < -0.39 is 5.41 Å². The van der Waals surface area contributed by atoms with E-state index in [1.54, 1.807) is 7.11 Å². The Morgan fingerprint density at radius 1 is 1.11 bits per heavy atom. The van der Waals surface area contributed by atoms with Gasteiger partial charge in [-0.1, -0.05) is 40.3 Å². The lowest BCUT2D eigenvalue weighted by Crippen LogP contribution is -2.34. The Kier molecular flexibility index (Phi) is 6.34. The molecule has 0 aliphatic rings. The maximum Gasteiger partial charge on any atom is 0.311 e. The van der Waals surface area contributed by atoms with Gasteiger partial charge >= 0.3 is 5.97 Å². The third-order valence-electron chi connectivity index (χ3n) is 3.75. The van der Waals surface area contributed by atoms with Crippen LogP contribution in [0.2, 0.25) is 0 Å². The first-order valence-electron chi connectivity index (χ1n) is 6.61. The van der Waals surface area contributed by atoms with Crippen molar-refractivity contribution in [3.05, 3.63) is 24.5 Å². The highest BCUT2D eigenvalue weighted by atomic mass is 16.5. The molecule has 0 saturated carbocycles. The van der Waals surface area contributed by atoms with Crippen LogP contribution in [0.25, 0.3) is 0 Å². The largest absolute Gasteiger partial charge is 0.497 e. The van der Waals surface area contributed by atoms with Crippen LogP contribution in [0.3, 0.4) is 0 Å². The molecule has 0 N–H and O–H groups in total. The van der Waals surface area contributed by atoms with Crippen LogP contribution in [-0.2, 0) is 14.3 Å². The maximum atomic E-state index is 12.1. The summed E-state index contributed by atoms with van der Waals surface area (Å²) in [5.41, 5.74) is 0.201. The Morgan fingerprint density at radius 3 is 2.00 bits per heavy atom. The molecule has 0 aliphatic heterocycles. The van der Waals surface area contributed by atoms with E-state index in [2.05, 4.69) is 33.9 Å². The van der Waals surface area contributed by atoms with Gasteiger partial charge < -0.3 is 9.47 Å². The lowest BCUT2D eigenvalue weighted by Gasteiger charge is -2.35. The minimum Gasteiger partial charge on any atom is -0.497 e. The lowest BCUT2D eigenvalue weighted by molar-refractivity contribution is -0.153. The van der Waals surface area contributed by atoms with Gasteiger partial charge in [0.15, 0.2) is 0 Å². The fourth-order valence-electron chi connectivity index (χ4n) is 2.35. The molecular weight excluding hydrogens is 240 g/mol. The van der Waals surface area contributed by atoms with E-state index in [-0.39, 0.29) is 11.4 Å². The highest BCUT2D eigenvalue weighted by Crippen LogP contribution is 2.41. The molecule has 3 heteroatoms. The lowest BCUT2D eigenvalue weighted by atomic mass is 9.70. The fraction of sp³-hybridized carbons (Fsp3) is 0.688. The molecule has 110 valence electrons. The smallest absolute Gasteiger partial charge is 0.311 e. The van der Waals surface area contributed by atoms with Gasteiger partial charge in [-0.25, -0.2) is 0 Å². The highest BCUT2D eigenvalue weighted by Gasteiger charge is 2.39. The second kappa shape index (κ2) is 6.78. The third-order valence-corrected chi connectivity index (χ3v) is 3.75. The van der Waals surface area contributed by atoms with Crippen molar-refractivity contribution in [2.45, 2.75) is 47.0 Å². The molecule has 0 heterocycles. The van der Waals surface area contributed by atoms with Gasteiger partial charge in [-0.3, -0.25) is 4.79 Å². The van der Waals surface area contributed by atoms with Crippen molar-refractivity contribution in [3.8, 4) is 0 Å². The summed E-state index contributed by atoms with van der Waals surface area (Å²) >= 11 is 0. The Labute approximate surface area is 117 Å². The minimum absolute atomic E-state index is 0.0671. The summed E-state index contributed by atoms with van der Waals surface area (Å²) in [4.78, 5) is 12.1. The molecule has 19 heavy (non-hydrogen) atoms. The van der Waals surface area contributed by atoms with Gasteiger partial charge in [0, 0.05) is 0 Å². The number of carbonyl (C=O) groups is 1. The van der Waals surface area contributed by atoms with Crippen molar-refractivity contribution >= 4 is 5.97 Å². The van der Waals surface area contributed by atoms with Crippen LogP contribution < -0.4 is 0 Å². The Bertz CT molecular complexity index is 355. The van der Waals surface area contributed by atoms with Crippen molar-refractivity contribution in [3.63, 3.8) is 0 Å². The molecule has 1 unspecified atom stereocenters. The number of carbonyl (C=O) groups excluding carboxylic acids is 1. The average Bonchev–Trinajstić information content (AvgIpc) is 2.35. The van der Waals surface area contributed by atoms with Crippen molar-refractivity contribution in [1.29, 1.82) is 0 Å². The molecule has 0 fully saturated rings. The van der Waals surface area contributed by atoms with Gasteiger partial charge in [0.2, 0.25) is 0 Å². The van der Waals surface area contributed by atoms with Crippen LogP contribution in [0.5, 0.6) is 0 Å². The molecule has 0 amide bonds. The summed E-state index contributed by atoms with van der Waals surface area (Å²) in [6.45, 7) is 16.1. The molecule has 1 atom stereocenters. The predicted molar refractivity (Wildman–Crippen MR) is 78.7 cm³/mol. The SMILES string of the molecule is C=C(CC(C)(CC(C)(C)CC)C(=O)OC)C(=C)OC. The second-order valence-corrected chi connectivity index (χ2v) is 6.15. The van der Waals surface area contributed by atoms with Crippen LogP contribution >= 0.6 is 0 Å². The first-order chi connectivity index (χ1) is 8.61. The fourth-order valence-corrected chi connectivity index (χ4v) is 2.35. The Hall–Kier alpha value is -1.25. The first-order valence-corrected chi connectivity index (χ1v) is 6.61. The molecule has 0 radical (unpaired) electrons. The molecular formula is C16H28O3. The quantitative estimate of drug-likeness (QED) is 0.378. The third kappa shape index (κ3) is 5.09. The summed E-state index contributed by atoms with van der Waals surface area (Å²) in [5, 5.41) is 0. The number of allylic oxidation sites excluding steroid dienone is 1. The Morgan fingerprint density at radius 2 is 1.63 bits per heavy atom. The van der Waals surface area contributed by atoms with Crippen LogP contribution in [0.4, 0.5) is 0 Å². The number of hydrogen-bond donors (Lipinski definition) is 0. The van der Waals surface area contributed by atoms with Crippen LogP contribution in [0.15, 0.2) is 24.5 Å². The highest BCUT2D eigenvalue weighted by molar-refractivity contribution is 5.77. The number of hydrogen-bond acceptors (Lipinski definition) is 3. The zero-order chi connectivity index (χ0) is 15.3. The van der Waals surface area contributed by atoms with Crippen LogP contribution in [0.1, 0.15) is 47.0 Å². The molecule has 0 saturated heterocycles. The summed E-state index contributed by atoms with van der Waals surface area (Å²) in [5.74, 6) is 0.309. The molecule has 0 aromatic rings. The molecule has 0 aliphatic carbocycles. The van der Waals surface area contributed by atoms with Gasteiger partial charge in [-0.05, 0) is 30.8 Å². The van der Waals surface area contributed by atoms with Gasteiger partial charge in [0.25, 0.3) is 0 Å². The monoisotopic (exact) mass is 268 g/mol. The predicted octanol–water partition coefficient (Wildman–Crippen LogP) is 4.10. The normalized spacial score (nSPS) is 14.4. The van der Waals surface area contributed by atoms with Crippen molar-refractivity contribution < 1.29 is 14.3 Å². The number of rotatable bonds is 8. The van der Waals surface area contributed by atoms with Crippen LogP contribution in [-0.4, -0.2) is 20.2 Å². The van der Waals surface area contributed by atoms with E-state index >= 15 is 0 Å². The van der Waals surface area contributed by atoms with E-state index in [1.165, 1.54) is 7.11 Å². The van der Waals surface area contributed by atoms with E-state index in [1.807, 2.05) is 6.92 Å². The van der Waals surface area contributed by atoms with Gasteiger partial charge in [0.1, 0.15) is 5.76 Å². The van der Waals surface area contributed by atoms with Crippen LogP contribution in [0, 0.1) is 10.8 Å². The standard InChI is InChI=1S/C16H28O3/c1-9-15(4,5)11-16(6,14(17)19-8)10-12(2)13(3)18-7/h2-3,9-11H2,1,4-8H3. The van der Waals surface area contributed by atoms with Gasteiger partial charge in [-0.15, -0.1) is 0 Å². The minimum atomic E-state index is -0.604. The summed E-state index contributed by atoms with van der Waals surface area (Å²) in [6.07, 6.45) is 2.23. The number of ether oxygens (including phenoxy) is 2. The van der Waals surface area contributed by atoms with Crippen molar-refractivity contribution in [2.24, 2.45) is 10.8 Å². The molecule has 3 nitrogen and oxygen atoms in total. The topological polar surface area (TPSA) is 35.5 Å². The number of esters is 1. The summed E-state index contributed by atoms with van der Waals surface area (Å²) < 4.78 is 10.1. The summed E-state index contributed by atoms with van der Waals surface area (Å²) in [7, 11) is 2.98. The van der Waals surface area contributed by atoms with E-state index in [0.29, 0.717) is 12.2 Å². The number of methoxy groups -OCH3 is 2. The zero-order valence-electron chi connectivity index (χ0n) is 13.3. The molecule has 0 rings (SSSR count). The van der Waals surface area contributed by atoms with E-state index in [9.17, 15) is 4.79 Å². The first kappa shape index (κ1) is 17.8. The molecule has 0 aromatic carbocycles. The van der Waals surface area contributed by atoms with Gasteiger partial charge in [0.05, 0.1) is 19.6 Å². The second-order valence-electron chi connectivity index (χ2n) is 6.15.